The van der Waals surface area contributed by atoms with Crippen molar-refractivity contribution in [2.45, 2.75) is 18.8 Å². The fourth-order valence-corrected chi connectivity index (χ4v) is 13.3. The SMILES string of the molecule is c1ccc(-c2ccc(N(c3ccccc3)c3ccc(-c4ccc(C(CCc5ccc(-c6ccc(-c7ccc(N(c8ccccc8)c8ccc(-c9ccc(N(c%10ccccc%10)c%10ccc(-c%11ccccc%11)cc%10)cc9)cc8)cc7)cc6)cc5)c5ccccc5)cc4)cc3)cc2)cc1. The molecule has 96 heavy (non-hydrogen) atoms. The minimum atomic E-state index is 0.259. The fraction of sp³-hybridized carbons (Fsp3) is 0.0323. The van der Waals surface area contributed by atoms with Crippen LogP contribution in [0.3, 0.4) is 0 Å². The van der Waals surface area contributed by atoms with Gasteiger partial charge in [-0.05, 0) is 205 Å². The van der Waals surface area contributed by atoms with E-state index in [0.29, 0.717) is 0 Å². The summed E-state index contributed by atoms with van der Waals surface area (Å²) in [5.74, 6) is 0.259. The average Bonchev–Trinajstić information content (AvgIpc) is 0.922. The van der Waals surface area contributed by atoms with Crippen molar-refractivity contribution >= 4 is 51.2 Å². The van der Waals surface area contributed by atoms with Crippen LogP contribution in [-0.4, -0.2) is 0 Å². The second kappa shape index (κ2) is 28.3. The van der Waals surface area contributed by atoms with Crippen LogP contribution >= 0.6 is 0 Å². The van der Waals surface area contributed by atoms with Crippen LogP contribution in [0.15, 0.2) is 400 Å². The largest absolute Gasteiger partial charge is 0.311 e. The minimum Gasteiger partial charge on any atom is -0.311 e. The first kappa shape index (κ1) is 60.0. The Morgan fingerprint density at radius 2 is 0.333 bits per heavy atom. The normalized spacial score (nSPS) is 11.4. The molecule has 15 aromatic carbocycles. The van der Waals surface area contributed by atoms with Gasteiger partial charge in [0.2, 0.25) is 0 Å². The molecule has 1 unspecified atom stereocenters. The van der Waals surface area contributed by atoms with Crippen molar-refractivity contribution in [3.05, 3.63) is 417 Å². The van der Waals surface area contributed by atoms with Crippen molar-refractivity contribution in [1.29, 1.82) is 0 Å². The number of benzene rings is 15. The van der Waals surface area contributed by atoms with Crippen LogP contribution in [0.5, 0.6) is 0 Å². The third-order valence-corrected chi connectivity index (χ3v) is 18.4. The lowest BCUT2D eigenvalue weighted by molar-refractivity contribution is 0.715. The summed E-state index contributed by atoms with van der Waals surface area (Å²) in [4.78, 5) is 6.97. The van der Waals surface area contributed by atoms with Gasteiger partial charge in [0.1, 0.15) is 0 Å². The molecule has 0 amide bonds. The number of aryl methyl sites for hydroxylation is 1. The minimum absolute atomic E-state index is 0.259. The molecule has 0 bridgehead atoms. The number of rotatable bonds is 20. The Morgan fingerprint density at radius 1 is 0.156 bits per heavy atom. The van der Waals surface area contributed by atoms with Crippen LogP contribution in [0.2, 0.25) is 0 Å². The maximum atomic E-state index is 2.33. The first-order valence-electron chi connectivity index (χ1n) is 33.2. The molecule has 458 valence electrons. The van der Waals surface area contributed by atoms with Gasteiger partial charge in [-0.3, -0.25) is 0 Å². The molecule has 0 heterocycles. The Morgan fingerprint density at radius 3 is 0.594 bits per heavy atom. The highest BCUT2D eigenvalue weighted by Crippen LogP contribution is 2.42. The van der Waals surface area contributed by atoms with Gasteiger partial charge in [-0.15, -0.1) is 0 Å². The first-order valence-corrected chi connectivity index (χ1v) is 33.2. The van der Waals surface area contributed by atoms with Crippen LogP contribution < -0.4 is 14.7 Å². The predicted octanol–water partition coefficient (Wildman–Crippen LogP) is 25.9. The maximum absolute atomic E-state index is 2.33. The van der Waals surface area contributed by atoms with Gasteiger partial charge >= 0.3 is 0 Å². The molecule has 0 N–H and O–H groups in total. The lowest BCUT2D eigenvalue weighted by atomic mass is 9.85. The number of hydrogen-bond donors (Lipinski definition) is 0. The summed E-state index contributed by atoms with van der Waals surface area (Å²) in [6.07, 6.45) is 1.97. The summed E-state index contributed by atoms with van der Waals surface area (Å²) < 4.78 is 0. The maximum Gasteiger partial charge on any atom is 0.0462 e. The van der Waals surface area contributed by atoms with Crippen LogP contribution in [0.4, 0.5) is 51.2 Å². The molecule has 0 saturated carbocycles. The van der Waals surface area contributed by atoms with E-state index >= 15 is 0 Å². The Balaban J connectivity index is 0.597. The molecule has 15 aromatic rings. The summed E-state index contributed by atoms with van der Waals surface area (Å²) >= 11 is 0. The van der Waals surface area contributed by atoms with E-state index in [-0.39, 0.29) is 5.92 Å². The van der Waals surface area contributed by atoms with E-state index in [1.165, 1.54) is 72.3 Å². The van der Waals surface area contributed by atoms with Gasteiger partial charge in [0.15, 0.2) is 0 Å². The van der Waals surface area contributed by atoms with E-state index in [0.717, 1.165) is 75.2 Å². The highest BCUT2D eigenvalue weighted by Gasteiger charge is 2.19. The number of para-hydroxylation sites is 3. The van der Waals surface area contributed by atoms with Gasteiger partial charge in [-0.25, -0.2) is 0 Å². The number of hydrogen-bond acceptors (Lipinski definition) is 3. The molecule has 0 spiro atoms. The van der Waals surface area contributed by atoms with Gasteiger partial charge < -0.3 is 14.7 Å². The van der Waals surface area contributed by atoms with Gasteiger partial charge in [0, 0.05) is 57.1 Å². The molecule has 3 nitrogen and oxygen atoms in total. The van der Waals surface area contributed by atoms with Crippen molar-refractivity contribution in [3.8, 4) is 66.8 Å². The Kier molecular flexibility index (Phi) is 17.7. The second-order valence-corrected chi connectivity index (χ2v) is 24.4. The number of nitrogens with zero attached hydrogens (tertiary/aromatic N) is 3. The summed E-state index contributed by atoms with van der Waals surface area (Å²) in [7, 11) is 0. The lowest BCUT2D eigenvalue weighted by Gasteiger charge is -2.26. The summed E-state index contributed by atoms with van der Waals surface area (Å²) in [5.41, 5.74) is 28.3. The van der Waals surface area contributed by atoms with Crippen LogP contribution in [-0.2, 0) is 6.42 Å². The first-order chi connectivity index (χ1) is 47.6. The monoisotopic (exact) mass is 1230 g/mol. The van der Waals surface area contributed by atoms with E-state index < -0.39 is 0 Å². The molecule has 0 fully saturated rings. The molecule has 3 heteroatoms. The Bertz CT molecular complexity index is 4920. The molecule has 0 aromatic heterocycles. The van der Waals surface area contributed by atoms with Crippen molar-refractivity contribution in [2.75, 3.05) is 14.7 Å². The van der Waals surface area contributed by atoms with E-state index in [2.05, 4.69) is 415 Å². The summed E-state index contributed by atoms with van der Waals surface area (Å²) in [6.45, 7) is 0. The van der Waals surface area contributed by atoms with Crippen molar-refractivity contribution in [1.82, 2.24) is 0 Å². The van der Waals surface area contributed by atoms with Crippen LogP contribution in [0, 0.1) is 0 Å². The summed E-state index contributed by atoms with van der Waals surface area (Å²) in [6, 6.07) is 145. The molecule has 0 radical (unpaired) electrons. The second-order valence-electron chi connectivity index (χ2n) is 24.4. The van der Waals surface area contributed by atoms with Gasteiger partial charge in [0.25, 0.3) is 0 Å². The van der Waals surface area contributed by atoms with Gasteiger partial charge in [-0.1, -0.05) is 291 Å². The molecule has 0 aliphatic rings. The lowest BCUT2D eigenvalue weighted by Crippen LogP contribution is -2.10. The van der Waals surface area contributed by atoms with Crippen LogP contribution in [0.25, 0.3) is 66.8 Å². The van der Waals surface area contributed by atoms with Gasteiger partial charge in [-0.2, -0.15) is 0 Å². The fourth-order valence-electron chi connectivity index (χ4n) is 13.3. The zero-order valence-corrected chi connectivity index (χ0v) is 53.4. The standard InChI is InChI=1S/C93H71N3/c1-7-19-70(20-8-1)76-44-56-87(57-45-76)94(84-25-13-4-14-26-84)90-62-50-79(51-63-90)75-40-42-83(43-41-75)93(82-23-11-3-12-24-82)68-33-69-31-34-72(35-32-69)73-36-38-74(39-37-73)78-48-60-89(61-49-78)96(86-29-17-6-18-30-86)92-66-54-81(55-67-92)80-52-64-91(65-53-80)95(85-27-15-5-16-28-85)88-58-46-77(47-59-88)71-21-9-2-10-22-71/h1-32,34-67,93H,33,68H2. The molecule has 0 aliphatic carbocycles. The smallest absolute Gasteiger partial charge is 0.0462 e. The molecule has 15 rings (SSSR count). The highest BCUT2D eigenvalue weighted by atomic mass is 15.2. The molecular formula is C93H71N3. The van der Waals surface area contributed by atoms with E-state index in [1.807, 2.05) is 0 Å². The third kappa shape index (κ3) is 13.5. The molecule has 0 aliphatic heterocycles. The third-order valence-electron chi connectivity index (χ3n) is 18.4. The molecular weight excluding hydrogens is 1160 g/mol. The van der Waals surface area contributed by atoms with Crippen molar-refractivity contribution < 1.29 is 0 Å². The Labute approximate surface area is 565 Å². The summed E-state index contributed by atoms with van der Waals surface area (Å²) in [5, 5.41) is 0. The number of anilines is 9. The Hall–Kier alpha value is -12.3. The van der Waals surface area contributed by atoms with Crippen LogP contribution in [0.1, 0.15) is 29.0 Å². The van der Waals surface area contributed by atoms with Crippen molar-refractivity contribution in [3.63, 3.8) is 0 Å². The van der Waals surface area contributed by atoms with E-state index in [1.54, 1.807) is 0 Å². The van der Waals surface area contributed by atoms with Crippen molar-refractivity contribution in [2.24, 2.45) is 0 Å². The quantitative estimate of drug-likeness (QED) is 0.0753. The topological polar surface area (TPSA) is 9.72 Å². The van der Waals surface area contributed by atoms with Gasteiger partial charge in [0.05, 0.1) is 0 Å². The van der Waals surface area contributed by atoms with E-state index in [4.69, 9.17) is 0 Å². The molecule has 1 atom stereocenters. The molecule has 0 saturated heterocycles. The van der Waals surface area contributed by atoms with E-state index in [9.17, 15) is 0 Å². The predicted molar refractivity (Wildman–Crippen MR) is 406 cm³/mol. The zero-order valence-electron chi connectivity index (χ0n) is 53.4. The highest BCUT2D eigenvalue weighted by molar-refractivity contribution is 5.84. The average molecular weight is 1230 g/mol. The zero-order chi connectivity index (χ0) is 64.2.